The zero-order valence-corrected chi connectivity index (χ0v) is 14.8. The molecule has 1 aliphatic heterocycles. The first-order valence-corrected chi connectivity index (χ1v) is 9.02. The summed E-state index contributed by atoms with van der Waals surface area (Å²) in [6.45, 7) is 3.88. The Morgan fingerprint density at radius 2 is 2.12 bits per heavy atom. The molecule has 2 aromatic rings. The number of rotatable bonds is 6. The highest BCUT2D eigenvalue weighted by atomic mass is 32.1. The van der Waals surface area contributed by atoms with Gasteiger partial charge < -0.3 is 9.64 Å². The molecule has 1 aromatic heterocycles. The lowest BCUT2D eigenvalue weighted by Crippen LogP contribution is -2.51. The molecule has 0 bridgehead atoms. The summed E-state index contributed by atoms with van der Waals surface area (Å²) >= 11 is 1.44. The molecule has 0 aliphatic carbocycles. The smallest absolute Gasteiger partial charge is 0.294 e. The normalized spacial score (nSPS) is 18.2. The van der Waals surface area contributed by atoms with Crippen LogP contribution in [0, 0.1) is 0 Å². The highest BCUT2D eigenvalue weighted by Gasteiger charge is 2.32. The van der Waals surface area contributed by atoms with Gasteiger partial charge in [-0.2, -0.15) is 0 Å². The van der Waals surface area contributed by atoms with Gasteiger partial charge in [-0.25, -0.2) is 0 Å². The summed E-state index contributed by atoms with van der Waals surface area (Å²) in [4.78, 5) is 16.8. The van der Waals surface area contributed by atoms with E-state index >= 15 is 0 Å². The summed E-state index contributed by atoms with van der Waals surface area (Å²) < 4.78 is 5.36. The van der Waals surface area contributed by atoms with Crippen molar-refractivity contribution >= 4 is 22.9 Å². The van der Waals surface area contributed by atoms with Crippen LogP contribution in [-0.2, 0) is 11.3 Å². The maximum Gasteiger partial charge on any atom is 0.294 e. The van der Waals surface area contributed by atoms with Gasteiger partial charge in [-0.1, -0.05) is 29.5 Å². The first-order chi connectivity index (χ1) is 11.7. The molecule has 1 saturated heterocycles. The molecule has 3 rings (SSSR count). The van der Waals surface area contributed by atoms with Crippen LogP contribution in [0.2, 0.25) is 0 Å². The number of carbonyl (C=O) groups excluding carboxylic acids is 1. The van der Waals surface area contributed by atoms with Crippen LogP contribution in [0.4, 0.5) is 5.69 Å². The van der Waals surface area contributed by atoms with Crippen molar-refractivity contribution in [3.63, 3.8) is 0 Å². The van der Waals surface area contributed by atoms with Gasteiger partial charge in [-0.3, -0.25) is 9.69 Å². The van der Waals surface area contributed by atoms with E-state index in [0.29, 0.717) is 18.3 Å². The molecule has 1 aliphatic rings. The lowest BCUT2D eigenvalue weighted by atomic mass is 10.0. The second-order valence-electron chi connectivity index (χ2n) is 5.79. The van der Waals surface area contributed by atoms with Crippen LogP contribution >= 0.6 is 11.3 Å². The lowest BCUT2D eigenvalue weighted by molar-refractivity contribution is -0.125. The van der Waals surface area contributed by atoms with Crippen LogP contribution in [0.15, 0.2) is 30.3 Å². The molecule has 7 heteroatoms. The quantitative estimate of drug-likeness (QED) is 0.804. The highest BCUT2D eigenvalue weighted by molar-refractivity contribution is 7.13. The van der Waals surface area contributed by atoms with Crippen molar-refractivity contribution in [1.29, 1.82) is 0 Å². The fraction of sp³-hybridized carbons (Fsp3) is 0.471. The molecule has 0 saturated carbocycles. The van der Waals surface area contributed by atoms with E-state index in [9.17, 15) is 4.79 Å². The van der Waals surface area contributed by atoms with Gasteiger partial charge >= 0.3 is 0 Å². The van der Waals surface area contributed by atoms with Crippen molar-refractivity contribution in [1.82, 2.24) is 15.1 Å². The first kappa shape index (κ1) is 16.9. The third kappa shape index (κ3) is 3.73. The predicted octanol–water partition coefficient (Wildman–Crippen LogP) is 2.56. The van der Waals surface area contributed by atoms with Crippen LogP contribution in [0.1, 0.15) is 24.8 Å². The Morgan fingerprint density at radius 1 is 1.33 bits per heavy atom. The Bertz CT molecular complexity index is 676. The van der Waals surface area contributed by atoms with Crippen molar-refractivity contribution < 1.29 is 9.53 Å². The minimum absolute atomic E-state index is 0.126. The molecular formula is C17H22N4O2S. The van der Waals surface area contributed by atoms with Gasteiger partial charge in [0.1, 0.15) is 5.01 Å². The van der Waals surface area contributed by atoms with E-state index < -0.39 is 0 Å². The monoisotopic (exact) mass is 346 g/mol. The molecule has 0 unspecified atom stereocenters. The van der Waals surface area contributed by atoms with Crippen molar-refractivity contribution in [3.05, 3.63) is 35.3 Å². The van der Waals surface area contributed by atoms with Gasteiger partial charge in [-0.15, -0.1) is 10.2 Å². The zero-order chi connectivity index (χ0) is 16.9. The molecule has 1 aromatic carbocycles. The fourth-order valence-electron chi connectivity index (χ4n) is 2.94. The van der Waals surface area contributed by atoms with Crippen molar-refractivity contribution in [2.45, 2.75) is 32.4 Å². The number of piperidine rings is 1. The minimum atomic E-state index is -0.126. The van der Waals surface area contributed by atoms with E-state index in [4.69, 9.17) is 4.74 Å². The van der Waals surface area contributed by atoms with Crippen LogP contribution in [-0.4, -0.2) is 47.2 Å². The number of para-hydroxylation sites is 1. The Morgan fingerprint density at radius 3 is 2.88 bits per heavy atom. The maximum atomic E-state index is 12.9. The van der Waals surface area contributed by atoms with Gasteiger partial charge in [0.2, 0.25) is 5.91 Å². The molecule has 1 amide bonds. The van der Waals surface area contributed by atoms with E-state index in [1.165, 1.54) is 11.3 Å². The van der Waals surface area contributed by atoms with Gasteiger partial charge in [0.25, 0.3) is 5.19 Å². The number of hydrogen-bond acceptors (Lipinski definition) is 6. The van der Waals surface area contributed by atoms with Crippen molar-refractivity contribution in [2.75, 3.05) is 25.1 Å². The molecule has 1 fully saturated rings. The predicted molar refractivity (Wildman–Crippen MR) is 94.4 cm³/mol. The van der Waals surface area contributed by atoms with Crippen LogP contribution in [0.5, 0.6) is 5.19 Å². The largest absolute Gasteiger partial charge is 0.469 e. The summed E-state index contributed by atoms with van der Waals surface area (Å²) in [7, 11) is 1.97. The Labute approximate surface area is 146 Å². The molecule has 0 N–H and O–H groups in total. The molecule has 1 atom stereocenters. The summed E-state index contributed by atoms with van der Waals surface area (Å²) in [5, 5.41) is 9.61. The number of anilines is 1. The van der Waals surface area contributed by atoms with E-state index in [0.717, 1.165) is 30.1 Å². The van der Waals surface area contributed by atoms with Crippen molar-refractivity contribution in [2.24, 2.45) is 0 Å². The lowest BCUT2D eigenvalue weighted by Gasteiger charge is -2.36. The van der Waals surface area contributed by atoms with Gasteiger partial charge in [-0.05, 0) is 38.9 Å². The molecule has 0 spiro atoms. The number of ether oxygens (including phenoxy) is 1. The third-order valence-corrected chi connectivity index (χ3v) is 4.93. The molecule has 0 radical (unpaired) electrons. The van der Waals surface area contributed by atoms with E-state index in [2.05, 4.69) is 15.1 Å². The Hall–Kier alpha value is -1.99. The number of amides is 1. The Balaban J connectivity index is 1.67. The van der Waals surface area contributed by atoms with Crippen LogP contribution in [0.3, 0.4) is 0 Å². The number of hydrogen-bond donors (Lipinski definition) is 0. The number of carbonyl (C=O) groups is 1. The van der Waals surface area contributed by atoms with Crippen LogP contribution in [0.25, 0.3) is 0 Å². The SMILES string of the molecule is CCOc1nnc(CN(C)[C@H]2CCCN(c3ccccc3)C2=O)s1. The van der Waals surface area contributed by atoms with Gasteiger partial charge in [0.15, 0.2) is 0 Å². The van der Waals surface area contributed by atoms with Gasteiger partial charge in [0, 0.05) is 12.2 Å². The molecule has 6 nitrogen and oxygen atoms in total. The molecule has 24 heavy (non-hydrogen) atoms. The van der Waals surface area contributed by atoms with Crippen molar-refractivity contribution in [3.8, 4) is 5.19 Å². The molecular weight excluding hydrogens is 324 g/mol. The van der Waals surface area contributed by atoms with E-state index in [-0.39, 0.29) is 11.9 Å². The number of aromatic nitrogens is 2. The standard InChI is InChI=1S/C17H22N4O2S/c1-3-23-17-19-18-15(24-17)12-20(2)14-10-7-11-21(16(14)22)13-8-5-4-6-9-13/h4-6,8-9,14H,3,7,10-12H2,1-2H3/t14-/m0/s1. The zero-order valence-electron chi connectivity index (χ0n) is 14.0. The van der Waals surface area contributed by atoms with Gasteiger partial charge in [0.05, 0.1) is 19.2 Å². The highest BCUT2D eigenvalue weighted by Crippen LogP contribution is 2.25. The second kappa shape index (κ2) is 7.72. The summed E-state index contributed by atoms with van der Waals surface area (Å²) in [5.41, 5.74) is 0.968. The maximum absolute atomic E-state index is 12.9. The number of nitrogens with zero attached hydrogens (tertiary/aromatic N) is 4. The minimum Gasteiger partial charge on any atom is -0.469 e. The third-order valence-electron chi connectivity index (χ3n) is 4.11. The molecule has 128 valence electrons. The average molecular weight is 346 g/mol. The second-order valence-corrected chi connectivity index (χ2v) is 6.82. The summed E-state index contributed by atoms with van der Waals surface area (Å²) in [6.07, 6.45) is 1.87. The van der Waals surface area contributed by atoms with E-state index in [1.54, 1.807) is 0 Å². The topological polar surface area (TPSA) is 58.6 Å². The van der Waals surface area contributed by atoms with Crippen LogP contribution < -0.4 is 9.64 Å². The summed E-state index contributed by atoms with van der Waals surface area (Å²) in [6, 6.07) is 9.74. The molecule has 2 heterocycles. The Kier molecular flexibility index (Phi) is 5.42. The van der Waals surface area contributed by atoms with E-state index in [1.807, 2.05) is 49.2 Å². The fourth-order valence-corrected chi connectivity index (χ4v) is 3.75. The average Bonchev–Trinajstić information content (AvgIpc) is 3.03. The first-order valence-electron chi connectivity index (χ1n) is 8.21. The summed E-state index contributed by atoms with van der Waals surface area (Å²) in [5.74, 6) is 0.157. The number of likely N-dealkylation sites (N-methyl/N-ethyl adjacent to an activating group) is 1. The number of benzene rings is 1.